The number of hydrogen-bond donors (Lipinski definition) is 2. The molecule has 1 aromatic heterocycles. The van der Waals surface area contributed by atoms with E-state index >= 15 is 0 Å². The van der Waals surface area contributed by atoms with Gasteiger partial charge in [-0.25, -0.2) is 0 Å². The molecule has 0 saturated carbocycles. The molecule has 0 aliphatic heterocycles. The first kappa shape index (κ1) is 8.83. The van der Waals surface area contributed by atoms with Crippen molar-refractivity contribution >= 4 is 22.4 Å². The van der Waals surface area contributed by atoms with Crippen molar-refractivity contribution in [2.45, 2.75) is 0 Å². The molecule has 0 aliphatic carbocycles. The van der Waals surface area contributed by atoms with Crippen LogP contribution in [0.2, 0.25) is 5.02 Å². The van der Waals surface area contributed by atoms with E-state index in [1.165, 1.54) is 0 Å². The van der Waals surface area contributed by atoms with Crippen LogP contribution in [-0.2, 0) is 0 Å². The van der Waals surface area contributed by atoms with E-state index in [4.69, 9.17) is 23.3 Å². The molecule has 0 atom stereocenters. The van der Waals surface area contributed by atoms with Crippen molar-refractivity contribution in [2.24, 2.45) is 10.9 Å². The van der Waals surface area contributed by atoms with Gasteiger partial charge in [0.15, 0.2) is 5.49 Å². The minimum atomic E-state index is 0.416. The predicted octanol–water partition coefficient (Wildman–Crippen LogP) is 0.178. The van der Waals surface area contributed by atoms with Gasteiger partial charge in [0.25, 0.3) is 0 Å². The highest BCUT2D eigenvalue weighted by molar-refractivity contribution is 6.31. The third-order valence-electron chi connectivity index (χ3n) is 1.92. The number of hydrogen-bond acceptors (Lipinski definition) is 4. The number of benzene rings is 1. The van der Waals surface area contributed by atoms with Crippen molar-refractivity contribution in [3.63, 3.8) is 0 Å². The van der Waals surface area contributed by atoms with Gasteiger partial charge in [-0.3, -0.25) is 0 Å². The zero-order valence-corrected chi connectivity index (χ0v) is 7.94. The number of aromatic nitrogens is 2. The molecule has 0 fully saturated rings. The van der Waals surface area contributed by atoms with Crippen LogP contribution in [0.15, 0.2) is 29.5 Å². The Balaban J connectivity index is 2.97. The summed E-state index contributed by atoms with van der Waals surface area (Å²) in [4.78, 5) is 1.12. The number of rotatable bonds is 0. The fourth-order valence-electron chi connectivity index (χ4n) is 1.28. The van der Waals surface area contributed by atoms with Gasteiger partial charge in [0.1, 0.15) is 0 Å². The smallest absolute Gasteiger partial charge is 0.198 e. The molecule has 0 saturated heterocycles. The summed E-state index contributed by atoms with van der Waals surface area (Å²) in [5.41, 5.74) is 0.416. The summed E-state index contributed by atoms with van der Waals surface area (Å²) in [7, 11) is 0. The Hall–Kier alpha value is -1.75. The first-order valence-corrected chi connectivity index (χ1v) is 4.27. The van der Waals surface area contributed by atoms with Gasteiger partial charge in [-0.2, -0.15) is 15.0 Å². The molecule has 1 heterocycles. The van der Waals surface area contributed by atoms with Crippen molar-refractivity contribution in [3.05, 3.63) is 34.9 Å². The average molecular weight is 210 g/mol. The van der Waals surface area contributed by atoms with Gasteiger partial charge in [-0.05, 0) is 18.2 Å². The second-order valence-corrected chi connectivity index (χ2v) is 3.21. The largest absolute Gasteiger partial charge is 0.321 e. The van der Waals surface area contributed by atoms with Gasteiger partial charge in [-0.1, -0.05) is 11.6 Å². The maximum absolute atomic E-state index is 5.83. The Kier molecular flexibility index (Phi) is 2.01. The van der Waals surface area contributed by atoms with Crippen LogP contribution in [0.5, 0.6) is 0 Å². The molecule has 0 bridgehead atoms. The van der Waals surface area contributed by atoms with E-state index in [0.29, 0.717) is 10.5 Å². The standard InChI is InChI=1S/C8H8ClN5/c9-6-1-2-7-5(3-6)4-12-14(11)8(7)13-10/h1-4H,10-11H2/b13-8-. The predicted molar refractivity (Wildman–Crippen MR) is 54.6 cm³/mol. The zero-order chi connectivity index (χ0) is 10.1. The van der Waals surface area contributed by atoms with E-state index in [9.17, 15) is 0 Å². The fourth-order valence-corrected chi connectivity index (χ4v) is 1.46. The van der Waals surface area contributed by atoms with Gasteiger partial charge in [0.2, 0.25) is 0 Å². The minimum absolute atomic E-state index is 0.416. The van der Waals surface area contributed by atoms with Crippen molar-refractivity contribution in [2.75, 3.05) is 5.84 Å². The van der Waals surface area contributed by atoms with Crippen LogP contribution in [0.25, 0.3) is 10.8 Å². The van der Waals surface area contributed by atoms with Crippen LogP contribution in [0.3, 0.4) is 0 Å². The number of nitrogens with zero attached hydrogens (tertiary/aromatic N) is 3. The molecule has 0 radical (unpaired) electrons. The van der Waals surface area contributed by atoms with E-state index < -0.39 is 0 Å². The molecule has 2 rings (SSSR count). The van der Waals surface area contributed by atoms with E-state index in [0.717, 1.165) is 15.6 Å². The molecule has 1 aromatic carbocycles. The molecular formula is C8H8ClN5. The molecule has 0 spiro atoms. The maximum atomic E-state index is 5.83. The summed E-state index contributed by atoms with van der Waals surface area (Å²) in [5, 5.41) is 9.74. The second-order valence-electron chi connectivity index (χ2n) is 2.77. The molecule has 14 heavy (non-hydrogen) atoms. The molecule has 5 nitrogen and oxygen atoms in total. The first-order chi connectivity index (χ1) is 6.72. The first-order valence-electron chi connectivity index (χ1n) is 3.89. The fraction of sp³-hybridized carbons (Fsp3) is 0. The van der Waals surface area contributed by atoms with Crippen molar-refractivity contribution in [1.82, 2.24) is 9.89 Å². The highest BCUT2D eigenvalue weighted by Crippen LogP contribution is 2.14. The Morgan fingerprint density at radius 3 is 2.93 bits per heavy atom. The maximum Gasteiger partial charge on any atom is 0.198 e. The van der Waals surface area contributed by atoms with Crippen molar-refractivity contribution in [3.8, 4) is 0 Å². The monoisotopic (exact) mass is 209 g/mol. The summed E-state index contributed by atoms with van der Waals surface area (Å²) in [6, 6.07) is 5.32. The molecular weight excluding hydrogens is 202 g/mol. The van der Waals surface area contributed by atoms with Crippen LogP contribution in [0, 0.1) is 0 Å². The molecule has 6 heteroatoms. The van der Waals surface area contributed by atoms with Gasteiger partial charge in [0.05, 0.1) is 6.20 Å². The third-order valence-corrected chi connectivity index (χ3v) is 2.15. The average Bonchev–Trinajstić information content (AvgIpc) is 2.18. The minimum Gasteiger partial charge on any atom is -0.321 e. The molecule has 72 valence electrons. The molecule has 0 unspecified atom stereocenters. The van der Waals surface area contributed by atoms with E-state index in [-0.39, 0.29) is 0 Å². The van der Waals surface area contributed by atoms with Crippen LogP contribution in [-0.4, -0.2) is 9.89 Å². The van der Waals surface area contributed by atoms with Gasteiger partial charge < -0.3 is 11.7 Å². The molecule has 4 N–H and O–H groups in total. The van der Waals surface area contributed by atoms with Crippen molar-refractivity contribution < 1.29 is 0 Å². The molecule has 0 aliphatic rings. The Labute approximate surface area is 84.5 Å². The lowest BCUT2D eigenvalue weighted by Crippen LogP contribution is -2.31. The summed E-state index contributed by atoms with van der Waals surface area (Å²) in [5.74, 6) is 10.7. The molecule has 2 aromatic rings. The summed E-state index contributed by atoms with van der Waals surface area (Å²) < 4.78 is 0. The zero-order valence-electron chi connectivity index (χ0n) is 7.18. The Bertz CT molecular complexity index is 545. The van der Waals surface area contributed by atoms with E-state index in [1.54, 1.807) is 24.4 Å². The lowest BCUT2D eigenvalue weighted by molar-refractivity contribution is 0.747. The Morgan fingerprint density at radius 2 is 2.21 bits per heavy atom. The van der Waals surface area contributed by atoms with Gasteiger partial charge in [-0.15, -0.1) is 0 Å². The van der Waals surface area contributed by atoms with E-state index in [2.05, 4.69) is 10.2 Å². The topological polar surface area (TPSA) is 82.2 Å². The van der Waals surface area contributed by atoms with Crippen LogP contribution in [0.1, 0.15) is 0 Å². The number of halogens is 1. The Morgan fingerprint density at radius 1 is 1.43 bits per heavy atom. The SMILES string of the molecule is N/N=c1/c2ccc(Cl)cc2cnn1N. The molecule has 0 amide bonds. The van der Waals surface area contributed by atoms with Crippen molar-refractivity contribution in [1.29, 1.82) is 0 Å². The van der Waals surface area contributed by atoms with Gasteiger partial charge in [0, 0.05) is 15.8 Å². The summed E-state index contributed by atoms with van der Waals surface area (Å²) in [6.45, 7) is 0. The highest BCUT2D eigenvalue weighted by atomic mass is 35.5. The second kappa shape index (κ2) is 3.19. The van der Waals surface area contributed by atoms with Crippen LogP contribution >= 0.6 is 11.6 Å². The summed E-state index contributed by atoms with van der Waals surface area (Å²) in [6.07, 6.45) is 1.61. The lowest BCUT2D eigenvalue weighted by Gasteiger charge is -2.02. The number of nitrogen functional groups attached to an aromatic ring is 1. The lowest BCUT2D eigenvalue weighted by atomic mass is 10.2. The quantitative estimate of drug-likeness (QED) is 0.480. The highest BCUT2D eigenvalue weighted by Gasteiger charge is 2.00. The van der Waals surface area contributed by atoms with Crippen LogP contribution in [0.4, 0.5) is 0 Å². The normalized spacial score (nSPS) is 12.2. The summed E-state index contributed by atoms with van der Waals surface area (Å²) >= 11 is 5.83. The van der Waals surface area contributed by atoms with Crippen LogP contribution < -0.4 is 17.2 Å². The number of nitrogens with two attached hydrogens (primary N) is 2. The van der Waals surface area contributed by atoms with Gasteiger partial charge >= 0.3 is 0 Å². The van der Waals surface area contributed by atoms with E-state index in [1.807, 2.05) is 0 Å². The third kappa shape index (κ3) is 1.27. The number of fused-ring (bicyclic) bond motifs is 1.